The monoisotopic (exact) mass is 448 g/mol. The number of hydrogen-bond donors (Lipinski definition) is 1. The van der Waals surface area contributed by atoms with Crippen LogP contribution in [0, 0.1) is 6.92 Å². The van der Waals surface area contributed by atoms with Crippen molar-refractivity contribution in [2.24, 2.45) is 0 Å². The van der Waals surface area contributed by atoms with Crippen LogP contribution in [0.15, 0.2) is 36.4 Å². The molecule has 1 N–H and O–H groups in total. The second kappa shape index (κ2) is 10.0. The Morgan fingerprint density at radius 2 is 1.68 bits per heavy atom. The van der Waals surface area contributed by atoms with Gasteiger partial charge in [0.2, 0.25) is 0 Å². The molecule has 2 rings (SSSR count). The first-order valence-electron chi connectivity index (χ1n) is 9.48. The Bertz CT molecular complexity index is 879. The highest BCUT2D eigenvalue weighted by Gasteiger charge is 2.28. The molecule has 1 unspecified atom stereocenters. The summed E-state index contributed by atoms with van der Waals surface area (Å²) in [6.07, 6.45) is -9.56. The van der Waals surface area contributed by atoms with E-state index in [-0.39, 0.29) is 24.2 Å². The van der Waals surface area contributed by atoms with Crippen LogP contribution in [0.3, 0.4) is 0 Å². The van der Waals surface area contributed by atoms with Crippen LogP contribution in [-0.4, -0.2) is 29.9 Å². The molecule has 0 aliphatic heterocycles. The highest BCUT2D eigenvalue weighted by Crippen LogP contribution is 2.25. The van der Waals surface area contributed by atoms with Gasteiger partial charge in [0.25, 0.3) is 5.91 Å². The molecule has 0 saturated heterocycles. The van der Waals surface area contributed by atoms with Gasteiger partial charge in [0.15, 0.2) is 6.61 Å². The number of rotatable bonds is 8. The summed E-state index contributed by atoms with van der Waals surface area (Å²) < 4.78 is 78.5. The lowest BCUT2D eigenvalue weighted by molar-refractivity contribution is -0.153. The average Bonchev–Trinajstić information content (AvgIpc) is 2.66. The van der Waals surface area contributed by atoms with E-state index >= 15 is 0 Å². The van der Waals surface area contributed by atoms with E-state index < -0.39 is 37.3 Å². The second-order valence-electron chi connectivity index (χ2n) is 7.09. The zero-order valence-electron chi connectivity index (χ0n) is 16.9. The number of pyridine rings is 1. The highest BCUT2D eigenvalue weighted by molar-refractivity contribution is 5.94. The van der Waals surface area contributed by atoms with Gasteiger partial charge in [0.05, 0.1) is 11.7 Å². The molecule has 170 valence electrons. The molecule has 1 heterocycles. The average molecular weight is 448 g/mol. The number of halogens is 6. The van der Waals surface area contributed by atoms with Gasteiger partial charge < -0.3 is 10.1 Å². The predicted molar refractivity (Wildman–Crippen MR) is 102 cm³/mol. The van der Waals surface area contributed by atoms with Gasteiger partial charge in [-0.15, -0.1) is 0 Å². The summed E-state index contributed by atoms with van der Waals surface area (Å²) >= 11 is 0. The van der Waals surface area contributed by atoms with Gasteiger partial charge in [-0.3, -0.25) is 9.78 Å². The Kier molecular flexibility index (Phi) is 7.91. The van der Waals surface area contributed by atoms with Gasteiger partial charge in [0.1, 0.15) is 5.75 Å². The fourth-order valence-electron chi connectivity index (χ4n) is 2.89. The summed E-state index contributed by atoms with van der Waals surface area (Å²) in [5.74, 6) is -0.534. The molecular formula is C21H22F6N2O2. The van der Waals surface area contributed by atoms with Gasteiger partial charge in [-0.05, 0) is 62.6 Å². The molecule has 31 heavy (non-hydrogen) atoms. The lowest BCUT2D eigenvalue weighted by Gasteiger charge is -2.18. The lowest BCUT2D eigenvalue weighted by Crippen LogP contribution is -2.28. The molecule has 0 radical (unpaired) electrons. The van der Waals surface area contributed by atoms with Gasteiger partial charge in [-0.2, -0.15) is 26.3 Å². The predicted octanol–water partition coefficient (Wildman–Crippen LogP) is 5.71. The molecule has 0 aliphatic rings. The Hall–Kier alpha value is -2.78. The Balaban J connectivity index is 2.04. The molecule has 0 bridgehead atoms. The largest absolute Gasteiger partial charge is 0.484 e. The summed E-state index contributed by atoms with van der Waals surface area (Å²) in [5.41, 5.74) is 1.93. The number of hydrogen-bond acceptors (Lipinski definition) is 3. The maximum absolute atomic E-state index is 12.5. The zero-order valence-corrected chi connectivity index (χ0v) is 16.9. The number of carbonyl (C=O) groups excluding carboxylic acids is 1. The Morgan fingerprint density at radius 3 is 2.26 bits per heavy atom. The molecule has 2 aromatic rings. The first kappa shape index (κ1) is 24.5. The van der Waals surface area contributed by atoms with E-state index in [1.807, 2.05) is 0 Å². The van der Waals surface area contributed by atoms with E-state index in [1.54, 1.807) is 26.0 Å². The van der Waals surface area contributed by atoms with Crippen LogP contribution in [0.2, 0.25) is 0 Å². The first-order chi connectivity index (χ1) is 14.3. The summed E-state index contributed by atoms with van der Waals surface area (Å²) in [5, 5.41) is 2.72. The maximum Gasteiger partial charge on any atom is 0.422 e. The van der Waals surface area contributed by atoms with Crippen molar-refractivity contribution in [1.29, 1.82) is 0 Å². The quantitative estimate of drug-likeness (QED) is 0.527. The van der Waals surface area contributed by atoms with Crippen LogP contribution in [-0.2, 0) is 6.42 Å². The molecule has 0 aliphatic carbocycles. The first-order valence-corrected chi connectivity index (χ1v) is 9.48. The van der Waals surface area contributed by atoms with E-state index in [2.05, 4.69) is 15.0 Å². The van der Waals surface area contributed by atoms with Crippen LogP contribution in [0.25, 0.3) is 0 Å². The Labute approximate surface area is 175 Å². The van der Waals surface area contributed by atoms with Crippen molar-refractivity contribution in [3.63, 3.8) is 0 Å². The molecular weight excluding hydrogens is 426 g/mol. The third kappa shape index (κ3) is 8.47. The number of aryl methyl sites for hydroxylation is 2. The van der Waals surface area contributed by atoms with E-state index in [1.165, 1.54) is 24.3 Å². The molecule has 10 heteroatoms. The van der Waals surface area contributed by atoms with Crippen LogP contribution < -0.4 is 10.1 Å². The van der Waals surface area contributed by atoms with Crippen LogP contribution >= 0.6 is 0 Å². The van der Waals surface area contributed by atoms with Gasteiger partial charge in [0, 0.05) is 17.7 Å². The van der Waals surface area contributed by atoms with Crippen molar-refractivity contribution < 1.29 is 35.9 Å². The summed E-state index contributed by atoms with van der Waals surface area (Å²) in [7, 11) is 0. The van der Waals surface area contributed by atoms with Crippen LogP contribution in [0.1, 0.15) is 53.1 Å². The fourth-order valence-corrected chi connectivity index (χ4v) is 2.89. The number of nitrogens with one attached hydrogen (secondary N) is 1. The number of amides is 1. The topological polar surface area (TPSA) is 51.2 Å². The van der Waals surface area contributed by atoms with Gasteiger partial charge >= 0.3 is 12.4 Å². The SMILES string of the molecule is Cc1ccc(CCCC(F)(F)F)c(C(C)NC(=O)c2ccc(OCC(F)(F)F)cc2)n1. The normalized spacial score (nSPS) is 13.0. The molecule has 1 atom stereocenters. The van der Waals surface area contributed by atoms with Crippen molar-refractivity contribution in [1.82, 2.24) is 10.3 Å². The minimum atomic E-state index is -4.47. The third-order valence-electron chi connectivity index (χ3n) is 4.33. The number of nitrogens with zero attached hydrogens (tertiary/aromatic N) is 1. The number of ether oxygens (including phenoxy) is 1. The van der Waals surface area contributed by atoms with E-state index in [9.17, 15) is 31.1 Å². The number of benzene rings is 1. The maximum atomic E-state index is 12.5. The van der Waals surface area contributed by atoms with Crippen LogP contribution in [0.5, 0.6) is 5.75 Å². The summed E-state index contributed by atoms with van der Waals surface area (Å²) in [6.45, 7) is 1.96. The number of alkyl halides is 6. The number of aromatic nitrogens is 1. The van der Waals surface area contributed by atoms with Gasteiger partial charge in [-0.1, -0.05) is 6.07 Å². The second-order valence-corrected chi connectivity index (χ2v) is 7.09. The van der Waals surface area contributed by atoms with Crippen molar-refractivity contribution in [3.8, 4) is 5.75 Å². The molecule has 1 amide bonds. The molecule has 0 spiro atoms. The third-order valence-corrected chi connectivity index (χ3v) is 4.33. The summed E-state index contributed by atoms with van der Waals surface area (Å²) in [4.78, 5) is 16.9. The van der Waals surface area contributed by atoms with E-state index in [4.69, 9.17) is 0 Å². The molecule has 1 aromatic heterocycles. The molecule has 0 saturated carbocycles. The Morgan fingerprint density at radius 1 is 1.03 bits per heavy atom. The lowest BCUT2D eigenvalue weighted by atomic mass is 10.0. The van der Waals surface area contributed by atoms with Crippen molar-refractivity contribution >= 4 is 5.91 Å². The minimum Gasteiger partial charge on any atom is -0.484 e. The molecule has 0 fully saturated rings. The zero-order chi connectivity index (χ0) is 23.2. The molecule has 4 nitrogen and oxygen atoms in total. The number of carbonyl (C=O) groups is 1. The van der Waals surface area contributed by atoms with Crippen molar-refractivity contribution in [2.75, 3.05) is 6.61 Å². The highest BCUT2D eigenvalue weighted by atomic mass is 19.4. The van der Waals surface area contributed by atoms with Crippen LogP contribution in [0.4, 0.5) is 26.3 Å². The van der Waals surface area contributed by atoms with Crippen molar-refractivity contribution in [2.45, 2.75) is 51.5 Å². The minimum absolute atomic E-state index is 0.0331. The van der Waals surface area contributed by atoms with E-state index in [0.717, 1.165) is 0 Å². The standard InChI is InChI=1S/C21H22F6N2O2/c1-13-5-6-15(4-3-11-20(22,23)24)18(28-13)14(2)29-19(30)16-7-9-17(10-8-16)31-12-21(25,26)27/h5-10,14H,3-4,11-12H2,1-2H3,(H,29,30). The fraction of sp³-hybridized carbons (Fsp3) is 0.429. The summed E-state index contributed by atoms with van der Waals surface area (Å²) in [6, 6.07) is 7.94. The smallest absolute Gasteiger partial charge is 0.422 e. The van der Waals surface area contributed by atoms with Crippen molar-refractivity contribution in [3.05, 3.63) is 58.9 Å². The van der Waals surface area contributed by atoms with Gasteiger partial charge in [-0.25, -0.2) is 0 Å². The molecule has 1 aromatic carbocycles. The van der Waals surface area contributed by atoms with E-state index in [0.29, 0.717) is 17.0 Å².